The van der Waals surface area contributed by atoms with Crippen molar-refractivity contribution in [2.75, 3.05) is 45.9 Å². The number of carbonyl (C=O) groups excluding carboxylic acids is 16. The maximum atomic E-state index is 14.8. The minimum atomic E-state index is -1.89. The fraction of sp³-hybridized carbons (Fsp3) is 0.627. The van der Waals surface area contributed by atoms with E-state index in [1.165, 1.54) is 69.3 Å². The lowest BCUT2D eigenvalue weighted by atomic mass is 10.0. The number of guanidine groups is 1. The first-order valence-electron chi connectivity index (χ1n) is 43.8. The summed E-state index contributed by atoms with van der Waals surface area (Å²) in [6.45, 7) is 5.14. The number of aromatic hydroxyl groups is 2. The first kappa shape index (κ1) is 115. The second kappa shape index (κ2) is 62.7. The minimum Gasteiger partial charge on any atom is -0.508 e. The molecule has 0 bridgehead atoms. The molecule has 0 saturated heterocycles. The van der Waals surface area contributed by atoms with Gasteiger partial charge in [0.15, 0.2) is 5.96 Å². The first-order valence-corrected chi connectivity index (χ1v) is 43.8. The molecule has 0 unspecified atom stereocenters. The van der Waals surface area contributed by atoms with Crippen LogP contribution in [-0.2, 0) is 99.1 Å². The second-order valence-electron chi connectivity index (χ2n) is 32.1. The van der Waals surface area contributed by atoms with E-state index in [0.717, 1.165) is 6.92 Å². The lowest BCUT2D eigenvalue weighted by molar-refractivity contribution is -0.142. The number of benzene rings is 2. The number of phenols is 2. The highest BCUT2D eigenvalue weighted by atomic mass is 16.4. The van der Waals surface area contributed by atoms with E-state index in [9.17, 15) is 112 Å². The third-order valence-corrected chi connectivity index (χ3v) is 20.7. The van der Waals surface area contributed by atoms with Gasteiger partial charge in [0, 0.05) is 38.6 Å². The summed E-state index contributed by atoms with van der Waals surface area (Å²) in [5, 5.41) is 95.6. The number of nitrogens with two attached hydrogens (primary N) is 9. The molecule has 48 heteroatoms. The minimum absolute atomic E-state index is 0.00104. The van der Waals surface area contributed by atoms with Gasteiger partial charge in [-0.15, -0.1) is 0 Å². The highest BCUT2D eigenvalue weighted by Crippen LogP contribution is 2.18. The van der Waals surface area contributed by atoms with Crippen LogP contribution in [0.3, 0.4) is 0 Å². The fourth-order valence-electron chi connectivity index (χ4n) is 13.1. The van der Waals surface area contributed by atoms with E-state index in [1.54, 1.807) is 0 Å². The lowest BCUT2D eigenvalue weighted by Gasteiger charge is -2.29. The molecule has 734 valence electrons. The van der Waals surface area contributed by atoms with Crippen molar-refractivity contribution < 1.29 is 112 Å². The normalized spacial score (nSPS) is 14.5. The number of primary amides is 2. The second-order valence-corrected chi connectivity index (χ2v) is 32.1. The van der Waals surface area contributed by atoms with Crippen molar-refractivity contribution in [1.82, 2.24) is 79.8 Å². The van der Waals surface area contributed by atoms with Crippen LogP contribution in [0.2, 0.25) is 0 Å². The molecule has 15 atom stereocenters. The Hall–Kier alpha value is -12.5. The van der Waals surface area contributed by atoms with Gasteiger partial charge in [0.05, 0.1) is 12.6 Å². The number of unbranched alkanes of at least 4 members (excludes halogenated alkanes) is 5. The Balaban J connectivity index is 2.54. The number of amides is 16. The van der Waals surface area contributed by atoms with E-state index < -0.39 is 254 Å². The Morgan fingerprint density at radius 3 is 0.885 bits per heavy atom. The van der Waals surface area contributed by atoms with Crippen molar-refractivity contribution in [3.05, 3.63) is 59.7 Å². The van der Waals surface area contributed by atoms with E-state index in [1.807, 2.05) is 0 Å². The molecule has 131 heavy (non-hydrogen) atoms. The van der Waals surface area contributed by atoms with Gasteiger partial charge >= 0.3 is 11.9 Å². The third-order valence-electron chi connectivity index (χ3n) is 20.7. The zero-order valence-corrected chi connectivity index (χ0v) is 74.8. The number of nitrogens with one attached hydrogen (secondary N) is 16. The van der Waals surface area contributed by atoms with Gasteiger partial charge < -0.3 is 157 Å². The Morgan fingerprint density at radius 2 is 0.588 bits per heavy atom. The van der Waals surface area contributed by atoms with Crippen LogP contribution in [-0.4, -0.2) is 274 Å². The van der Waals surface area contributed by atoms with Crippen LogP contribution >= 0.6 is 0 Å². The third kappa shape index (κ3) is 46.0. The predicted molar refractivity (Wildman–Crippen MR) is 477 cm³/mol. The van der Waals surface area contributed by atoms with E-state index in [4.69, 9.17) is 57.0 Å². The lowest BCUT2D eigenvalue weighted by Crippen LogP contribution is -2.61. The van der Waals surface area contributed by atoms with Crippen molar-refractivity contribution in [2.24, 2.45) is 57.5 Å². The van der Waals surface area contributed by atoms with Gasteiger partial charge in [-0.2, -0.15) is 0 Å². The van der Waals surface area contributed by atoms with E-state index in [0.29, 0.717) is 43.2 Å². The molecule has 0 fully saturated rings. The molecule has 0 aliphatic heterocycles. The Kier molecular flexibility index (Phi) is 54.8. The quantitative estimate of drug-likeness (QED) is 0.0166. The maximum Gasteiger partial charge on any atom is 0.326 e. The number of carboxylic acids is 2. The Bertz CT molecular complexity index is 4060. The van der Waals surface area contributed by atoms with Crippen LogP contribution in [0.4, 0.5) is 0 Å². The summed E-state index contributed by atoms with van der Waals surface area (Å²) >= 11 is 0. The number of carboxylic acid groups (broad SMARTS) is 2. The molecule has 0 aliphatic carbocycles. The van der Waals surface area contributed by atoms with Crippen LogP contribution in [0.15, 0.2) is 48.5 Å². The van der Waals surface area contributed by atoms with Gasteiger partial charge in [-0.25, -0.2) is 4.79 Å². The molecule has 2 aromatic carbocycles. The van der Waals surface area contributed by atoms with Crippen molar-refractivity contribution in [3.8, 4) is 11.5 Å². The zero-order valence-electron chi connectivity index (χ0n) is 74.8. The average Bonchev–Trinajstić information content (AvgIpc) is 0.859. The van der Waals surface area contributed by atoms with E-state index >= 15 is 0 Å². The average molecular weight is 1860 g/mol. The largest absolute Gasteiger partial charge is 0.508 e. The highest BCUT2D eigenvalue weighted by Gasteiger charge is 2.39. The molecule has 0 aromatic heterocycles. The molecule has 0 spiro atoms. The van der Waals surface area contributed by atoms with Gasteiger partial charge in [0.1, 0.15) is 96.1 Å². The van der Waals surface area contributed by atoms with Crippen molar-refractivity contribution in [2.45, 2.75) is 279 Å². The van der Waals surface area contributed by atoms with Gasteiger partial charge in [-0.1, -0.05) is 38.1 Å². The number of rotatable bonds is 68. The monoisotopic (exact) mass is 1850 g/mol. The van der Waals surface area contributed by atoms with E-state index in [-0.39, 0.29) is 141 Å². The molecule has 2 aromatic rings. The molecule has 0 aliphatic rings. The van der Waals surface area contributed by atoms with Crippen LogP contribution < -0.4 is 131 Å². The smallest absolute Gasteiger partial charge is 0.326 e. The summed E-state index contributed by atoms with van der Waals surface area (Å²) in [6.07, 6.45) is -1.73. The van der Waals surface area contributed by atoms with Crippen LogP contribution in [0.1, 0.15) is 187 Å². The summed E-state index contributed by atoms with van der Waals surface area (Å²) < 4.78 is 0. The predicted octanol–water partition coefficient (Wildman–Crippen LogP) is -7.93. The molecule has 0 heterocycles. The molecule has 48 nitrogen and oxygen atoms in total. The molecule has 2 rings (SSSR count). The summed E-state index contributed by atoms with van der Waals surface area (Å²) in [5.41, 5.74) is 51.9. The summed E-state index contributed by atoms with van der Waals surface area (Å²) in [5.74, 6) is -20.4. The first-order chi connectivity index (χ1) is 62.0. The fourth-order valence-corrected chi connectivity index (χ4v) is 13.1. The molecule has 39 N–H and O–H groups in total. The van der Waals surface area contributed by atoms with E-state index in [2.05, 4.69) is 79.8 Å². The standard InChI is InChI=1S/C83H139N25O23/c1-45(2)67(81(129)103-56(20-9-14-40-88)73(121)99-55(19-8-13-39-87)76(124)106-62(43-49-24-28-51(111)29-25-49)79(127)104-60(82(130)131)31-34-65(91)113)108-80(128)63(44-109)107-69(117)47(4)95-70(118)59(32-35-66(114)115)102-77(125)58(30-33-64(90)112)101-72(120)54(18-7-12-38-86)97-71(119)53(17-6-11-37-85)98-74(122)57(21-15-41-94-83(92)93)100-78(126)61(42-48-22-26-50(110)27-23-48)105-75(123)52(16-5-10-36-84)96-68(116)46(3)89/h22-29,45-47,52-63,67,109-111H,5-21,30-44,84-89H2,1-4H3,(H2,90,112)(H2,91,113)(H,95,118)(H,96,116)(H,97,119)(H,98,122)(H,99,121)(H,100,126)(H,101,120)(H,102,125)(H,103,129)(H,104,127)(H,105,123)(H,106,124)(H,107,117)(H,108,128)(H,114,115)(H,130,131)(H4,92,93,94)/t46-,47-,52-,53-,54-,55-,56-,57-,58-,59-,60-,61-,62-,63-,67-/m0/s1. The number of aliphatic hydroxyl groups excluding tert-OH is 1. The number of hydrogen-bond donors (Lipinski definition) is 30. The summed E-state index contributed by atoms with van der Waals surface area (Å²) in [7, 11) is 0. The molecule has 0 radical (unpaired) electrons. The molecular formula is C83H139N25O23. The van der Waals surface area contributed by atoms with Gasteiger partial charge in [0.25, 0.3) is 0 Å². The van der Waals surface area contributed by atoms with Gasteiger partial charge in [-0.05, 0) is 216 Å². The topological polar surface area (TPSA) is 847 Å². The number of aliphatic carboxylic acids is 2. The van der Waals surface area contributed by atoms with Crippen LogP contribution in [0.5, 0.6) is 11.5 Å². The van der Waals surface area contributed by atoms with Gasteiger partial charge in [-0.3, -0.25) is 86.9 Å². The Labute approximate surface area is 759 Å². The highest BCUT2D eigenvalue weighted by molar-refractivity contribution is 6.01. The number of phenolic OH excluding ortho intramolecular Hbond substituents is 2. The molecule has 16 amide bonds. The molecule has 0 saturated carbocycles. The maximum absolute atomic E-state index is 14.8. The SMILES string of the molecule is CC(C)[C@H](NC(=O)[C@H](CO)NC(=O)[C@H](C)NC(=O)[C@H](CCC(=O)O)NC(=O)[C@H](CCC(N)=O)NC(=O)[C@H](CCCCN)NC(=O)[C@H](CCCCN)NC(=O)[C@H](CCCNC(=N)N)NC(=O)[C@H](Cc1ccc(O)cc1)NC(=O)[C@H](CCCCN)NC(=O)[C@H](C)N)C(=O)N[C@@H](CCCCN)C(=O)N[C@@H](CCCCN)C(=O)N[C@@H](Cc1ccc(O)cc1)C(=O)N[C@@H](CCC(N)=O)C(=O)O. The van der Waals surface area contributed by atoms with Crippen LogP contribution in [0.25, 0.3) is 0 Å². The van der Waals surface area contributed by atoms with Crippen molar-refractivity contribution in [3.63, 3.8) is 0 Å². The number of hydrogen-bond acceptors (Lipinski definition) is 28. The van der Waals surface area contributed by atoms with Crippen LogP contribution in [0, 0.1) is 11.3 Å². The number of carbonyl (C=O) groups is 18. The summed E-state index contributed by atoms with van der Waals surface area (Å²) in [6, 6.07) is -12.1. The number of aliphatic hydroxyl groups is 1. The van der Waals surface area contributed by atoms with Crippen molar-refractivity contribution in [1.29, 1.82) is 5.41 Å². The summed E-state index contributed by atoms with van der Waals surface area (Å²) in [4.78, 5) is 248. The molecular weight excluding hydrogens is 1720 g/mol. The van der Waals surface area contributed by atoms with Gasteiger partial charge in [0.2, 0.25) is 94.5 Å². The zero-order chi connectivity index (χ0) is 98.4. The Morgan fingerprint density at radius 1 is 0.321 bits per heavy atom. The van der Waals surface area contributed by atoms with Crippen molar-refractivity contribution >= 4 is 112 Å².